The predicted octanol–water partition coefficient (Wildman–Crippen LogP) is 2.96. The van der Waals surface area contributed by atoms with Crippen LogP contribution in [-0.4, -0.2) is 42.6 Å². The third kappa shape index (κ3) is 5.18. The molecule has 0 bridgehead atoms. The molecule has 0 radical (unpaired) electrons. The van der Waals surface area contributed by atoms with Gasteiger partial charge in [0.15, 0.2) is 5.75 Å². The van der Waals surface area contributed by atoms with Crippen LogP contribution < -0.4 is 10.1 Å². The Labute approximate surface area is 138 Å². The fraction of sp³-hybridized carbons (Fsp3) is 0.647. The van der Waals surface area contributed by atoms with Gasteiger partial charge in [-0.25, -0.2) is 0 Å². The Morgan fingerprint density at radius 2 is 2.26 bits per heavy atom. The van der Waals surface area contributed by atoms with E-state index in [2.05, 4.69) is 17.1 Å². The molecule has 1 saturated heterocycles. The van der Waals surface area contributed by atoms with Crippen LogP contribution in [-0.2, 0) is 6.54 Å². The fourth-order valence-corrected chi connectivity index (χ4v) is 3.12. The lowest BCUT2D eigenvalue weighted by molar-refractivity contribution is -0.385. The number of hydrogen-bond acceptors (Lipinski definition) is 5. The molecule has 0 aliphatic carbocycles. The van der Waals surface area contributed by atoms with Gasteiger partial charge in [-0.3, -0.25) is 10.1 Å². The number of methoxy groups -OCH3 is 1. The topological polar surface area (TPSA) is 67.6 Å². The van der Waals surface area contributed by atoms with E-state index in [1.807, 2.05) is 6.07 Å². The van der Waals surface area contributed by atoms with Gasteiger partial charge in [-0.1, -0.05) is 12.5 Å². The standard InChI is InChI=1S/C17H27N3O3/c1-14-6-3-4-10-19(14)11-5-9-18-13-15-7-8-17(23-2)16(12-15)20(21)22/h7-8,12,14,18H,3-6,9-11,13H2,1-2H3. The van der Waals surface area contributed by atoms with Gasteiger partial charge in [0, 0.05) is 18.7 Å². The van der Waals surface area contributed by atoms with Gasteiger partial charge in [-0.15, -0.1) is 0 Å². The molecule has 1 aromatic carbocycles. The van der Waals surface area contributed by atoms with Crippen LogP contribution in [0.15, 0.2) is 18.2 Å². The van der Waals surface area contributed by atoms with Gasteiger partial charge in [0.2, 0.25) is 0 Å². The zero-order chi connectivity index (χ0) is 16.7. The molecule has 0 aromatic heterocycles. The summed E-state index contributed by atoms with van der Waals surface area (Å²) in [7, 11) is 1.45. The molecule has 0 spiro atoms. The van der Waals surface area contributed by atoms with E-state index in [-0.39, 0.29) is 5.69 Å². The number of likely N-dealkylation sites (tertiary alicyclic amines) is 1. The Morgan fingerprint density at radius 3 is 2.96 bits per heavy atom. The third-order valence-corrected chi connectivity index (χ3v) is 4.51. The maximum absolute atomic E-state index is 11.0. The number of nitrogens with one attached hydrogen (secondary N) is 1. The lowest BCUT2D eigenvalue weighted by Gasteiger charge is -2.33. The number of ether oxygens (including phenoxy) is 1. The second kappa shape index (κ2) is 8.84. The Bertz CT molecular complexity index is 522. The van der Waals surface area contributed by atoms with Gasteiger partial charge in [-0.2, -0.15) is 0 Å². The summed E-state index contributed by atoms with van der Waals surface area (Å²) in [4.78, 5) is 13.2. The quantitative estimate of drug-likeness (QED) is 0.453. The minimum atomic E-state index is -0.403. The highest BCUT2D eigenvalue weighted by Gasteiger charge is 2.17. The van der Waals surface area contributed by atoms with Gasteiger partial charge in [-0.05, 0) is 57.5 Å². The molecule has 1 atom stereocenters. The molecule has 1 N–H and O–H groups in total. The van der Waals surface area contributed by atoms with Crippen LogP contribution in [0.3, 0.4) is 0 Å². The number of piperidine rings is 1. The summed E-state index contributed by atoms with van der Waals surface area (Å²) in [6.45, 7) is 6.20. The van der Waals surface area contributed by atoms with Crippen LogP contribution >= 0.6 is 0 Å². The average Bonchev–Trinajstić information content (AvgIpc) is 2.56. The Balaban J connectivity index is 1.73. The van der Waals surface area contributed by atoms with Crippen molar-refractivity contribution >= 4 is 5.69 Å². The maximum atomic E-state index is 11.0. The van der Waals surface area contributed by atoms with Crippen molar-refractivity contribution in [3.05, 3.63) is 33.9 Å². The molecule has 1 aliphatic rings. The Hall–Kier alpha value is -1.66. The van der Waals surface area contributed by atoms with Crippen molar-refractivity contribution in [1.29, 1.82) is 0 Å². The Kier molecular flexibility index (Phi) is 6.80. The second-order valence-corrected chi connectivity index (χ2v) is 6.17. The molecule has 128 valence electrons. The molecule has 2 rings (SSSR count). The largest absolute Gasteiger partial charge is 0.490 e. The minimum Gasteiger partial charge on any atom is -0.490 e. The molecule has 1 aliphatic heterocycles. The molecule has 0 amide bonds. The van der Waals surface area contributed by atoms with Crippen molar-refractivity contribution < 1.29 is 9.66 Å². The van der Waals surface area contributed by atoms with Crippen LogP contribution in [0.4, 0.5) is 5.69 Å². The average molecular weight is 321 g/mol. The zero-order valence-electron chi connectivity index (χ0n) is 14.1. The van der Waals surface area contributed by atoms with Crippen LogP contribution in [0.2, 0.25) is 0 Å². The number of hydrogen-bond donors (Lipinski definition) is 1. The van der Waals surface area contributed by atoms with E-state index in [9.17, 15) is 10.1 Å². The molecule has 6 heteroatoms. The van der Waals surface area contributed by atoms with Crippen LogP contribution in [0.25, 0.3) is 0 Å². The number of nitro groups is 1. The summed E-state index contributed by atoms with van der Waals surface area (Å²) in [5, 5.41) is 14.4. The van der Waals surface area contributed by atoms with E-state index in [0.717, 1.165) is 25.1 Å². The smallest absolute Gasteiger partial charge is 0.311 e. The SMILES string of the molecule is COc1ccc(CNCCCN2CCCCC2C)cc1[N+](=O)[O-]. The lowest BCUT2D eigenvalue weighted by Crippen LogP contribution is -2.38. The Morgan fingerprint density at radius 1 is 1.43 bits per heavy atom. The first-order chi connectivity index (χ1) is 11.1. The van der Waals surface area contributed by atoms with Crippen LogP contribution in [0.5, 0.6) is 5.75 Å². The van der Waals surface area contributed by atoms with E-state index in [0.29, 0.717) is 18.3 Å². The van der Waals surface area contributed by atoms with Crippen molar-refractivity contribution in [1.82, 2.24) is 10.2 Å². The van der Waals surface area contributed by atoms with E-state index >= 15 is 0 Å². The fourth-order valence-electron chi connectivity index (χ4n) is 3.12. The third-order valence-electron chi connectivity index (χ3n) is 4.51. The van der Waals surface area contributed by atoms with Crippen LogP contribution in [0.1, 0.15) is 38.2 Å². The second-order valence-electron chi connectivity index (χ2n) is 6.17. The summed E-state index contributed by atoms with van der Waals surface area (Å²) in [5.41, 5.74) is 0.929. The van der Waals surface area contributed by atoms with E-state index in [1.165, 1.54) is 32.9 Å². The highest BCUT2D eigenvalue weighted by molar-refractivity contribution is 5.48. The lowest BCUT2D eigenvalue weighted by atomic mass is 10.0. The summed E-state index contributed by atoms with van der Waals surface area (Å²) < 4.78 is 5.01. The predicted molar refractivity (Wildman–Crippen MR) is 90.9 cm³/mol. The van der Waals surface area contributed by atoms with E-state index in [4.69, 9.17) is 4.74 Å². The van der Waals surface area contributed by atoms with Gasteiger partial charge >= 0.3 is 5.69 Å². The van der Waals surface area contributed by atoms with Crippen molar-refractivity contribution in [3.8, 4) is 5.75 Å². The highest BCUT2D eigenvalue weighted by atomic mass is 16.6. The molecule has 0 saturated carbocycles. The molecule has 1 unspecified atom stereocenters. The van der Waals surface area contributed by atoms with Gasteiger partial charge in [0.1, 0.15) is 0 Å². The summed E-state index contributed by atoms with van der Waals surface area (Å²) in [6, 6.07) is 5.81. The molecule has 23 heavy (non-hydrogen) atoms. The van der Waals surface area contributed by atoms with Crippen LogP contribution in [0, 0.1) is 10.1 Å². The number of nitro benzene ring substituents is 1. The highest BCUT2D eigenvalue weighted by Crippen LogP contribution is 2.27. The first-order valence-corrected chi connectivity index (χ1v) is 8.38. The molecule has 1 aromatic rings. The molecular weight excluding hydrogens is 294 g/mol. The first kappa shape index (κ1) is 17.7. The first-order valence-electron chi connectivity index (χ1n) is 8.38. The van der Waals surface area contributed by atoms with Crippen molar-refractivity contribution in [3.63, 3.8) is 0 Å². The van der Waals surface area contributed by atoms with Gasteiger partial charge in [0.25, 0.3) is 0 Å². The van der Waals surface area contributed by atoms with E-state index in [1.54, 1.807) is 12.1 Å². The monoisotopic (exact) mass is 321 g/mol. The summed E-state index contributed by atoms with van der Waals surface area (Å²) >= 11 is 0. The number of benzene rings is 1. The molecule has 6 nitrogen and oxygen atoms in total. The van der Waals surface area contributed by atoms with Gasteiger partial charge < -0.3 is 15.0 Å². The number of nitrogens with zero attached hydrogens (tertiary/aromatic N) is 2. The normalized spacial score (nSPS) is 18.8. The molecular formula is C17H27N3O3. The van der Waals surface area contributed by atoms with E-state index < -0.39 is 4.92 Å². The van der Waals surface area contributed by atoms with Crippen molar-refractivity contribution in [2.75, 3.05) is 26.7 Å². The summed E-state index contributed by atoms with van der Waals surface area (Å²) in [6.07, 6.45) is 5.07. The van der Waals surface area contributed by atoms with Gasteiger partial charge in [0.05, 0.1) is 12.0 Å². The molecule has 1 fully saturated rings. The zero-order valence-corrected chi connectivity index (χ0v) is 14.1. The van der Waals surface area contributed by atoms with Crippen molar-refractivity contribution in [2.45, 2.75) is 45.2 Å². The van der Waals surface area contributed by atoms with Crippen molar-refractivity contribution in [2.24, 2.45) is 0 Å². The molecule has 1 heterocycles. The minimum absolute atomic E-state index is 0.0222. The summed E-state index contributed by atoms with van der Waals surface area (Å²) in [5.74, 6) is 0.304. The maximum Gasteiger partial charge on any atom is 0.311 e. The number of rotatable bonds is 8.